The molecular formula is C14H16N2O3. The van der Waals surface area contributed by atoms with Gasteiger partial charge in [0.2, 0.25) is 5.91 Å². The van der Waals surface area contributed by atoms with Crippen LogP contribution in [0.2, 0.25) is 0 Å². The zero-order valence-electron chi connectivity index (χ0n) is 10.7. The molecule has 1 aliphatic heterocycles. The molecule has 0 bridgehead atoms. The predicted molar refractivity (Wildman–Crippen MR) is 71.9 cm³/mol. The molecule has 1 aromatic carbocycles. The van der Waals surface area contributed by atoms with Crippen molar-refractivity contribution in [1.29, 1.82) is 0 Å². The van der Waals surface area contributed by atoms with Gasteiger partial charge in [0.15, 0.2) is 0 Å². The molecule has 5 nitrogen and oxygen atoms in total. The Labute approximate surface area is 111 Å². The number of benzene rings is 1. The largest absolute Gasteiger partial charge is 0.478 e. The minimum Gasteiger partial charge on any atom is -0.478 e. The average Bonchev–Trinajstić information content (AvgIpc) is 2.67. The molecular weight excluding hydrogens is 244 g/mol. The van der Waals surface area contributed by atoms with Crippen molar-refractivity contribution in [1.82, 2.24) is 4.90 Å². The van der Waals surface area contributed by atoms with E-state index in [1.165, 1.54) is 0 Å². The van der Waals surface area contributed by atoms with Crippen molar-refractivity contribution >= 4 is 17.6 Å². The highest BCUT2D eigenvalue weighted by Gasteiger charge is 2.17. The summed E-state index contributed by atoms with van der Waals surface area (Å²) in [6.45, 7) is 1.28. The van der Waals surface area contributed by atoms with Crippen LogP contribution in [0.3, 0.4) is 0 Å². The van der Waals surface area contributed by atoms with Crippen LogP contribution in [0.1, 0.15) is 11.1 Å². The second-order valence-corrected chi connectivity index (χ2v) is 4.65. The number of hydrogen-bond acceptors (Lipinski definition) is 3. The molecule has 0 spiro atoms. The first-order chi connectivity index (χ1) is 9.04. The third-order valence-corrected chi connectivity index (χ3v) is 2.92. The molecule has 0 saturated carbocycles. The molecule has 19 heavy (non-hydrogen) atoms. The van der Waals surface area contributed by atoms with Crippen LogP contribution in [0.4, 0.5) is 5.69 Å². The van der Waals surface area contributed by atoms with E-state index in [1.807, 2.05) is 30.1 Å². The zero-order chi connectivity index (χ0) is 13.8. The fourth-order valence-electron chi connectivity index (χ4n) is 2.09. The third-order valence-electron chi connectivity index (χ3n) is 2.92. The molecule has 0 fully saturated rings. The Morgan fingerprint density at radius 2 is 2.32 bits per heavy atom. The molecule has 0 unspecified atom stereocenters. The fourth-order valence-corrected chi connectivity index (χ4v) is 2.09. The molecule has 0 aromatic heterocycles. The Morgan fingerprint density at radius 3 is 3.05 bits per heavy atom. The molecule has 2 N–H and O–H groups in total. The topological polar surface area (TPSA) is 69.6 Å². The van der Waals surface area contributed by atoms with Gasteiger partial charge in [0, 0.05) is 24.9 Å². The Balaban J connectivity index is 1.95. The van der Waals surface area contributed by atoms with Gasteiger partial charge in [-0.2, -0.15) is 0 Å². The first-order valence-electron chi connectivity index (χ1n) is 6.04. The third kappa shape index (κ3) is 3.66. The normalized spacial score (nSPS) is 13.9. The number of carbonyl (C=O) groups is 2. The number of carbonyl (C=O) groups excluding carboxylic acids is 1. The molecule has 0 radical (unpaired) electrons. The van der Waals surface area contributed by atoms with E-state index in [0.717, 1.165) is 22.9 Å². The summed E-state index contributed by atoms with van der Waals surface area (Å²) < 4.78 is 0. The summed E-state index contributed by atoms with van der Waals surface area (Å²) >= 11 is 0. The second kappa shape index (κ2) is 5.67. The van der Waals surface area contributed by atoms with Crippen LogP contribution in [-0.2, 0) is 22.6 Å². The van der Waals surface area contributed by atoms with E-state index in [2.05, 4.69) is 5.32 Å². The Hall–Kier alpha value is -2.14. The van der Waals surface area contributed by atoms with Crippen molar-refractivity contribution in [2.24, 2.45) is 0 Å². The van der Waals surface area contributed by atoms with Gasteiger partial charge in [-0.3, -0.25) is 9.69 Å². The lowest BCUT2D eigenvalue weighted by molar-refractivity contribution is -0.131. The van der Waals surface area contributed by atoms with Crippen molar-refractivity contribution in [3.05, 3.63) is 41.5 Å². The molecule has 1 heterocycles. The smallest absolute Gasteiger partial charge is 0.328 e. The highest BCUT2D eigenvalue weighted by molar-refractivity contribution is 5.99. The van der Waals surface area contributed by atoms with E-state index in [0.29, 0.717) is 19.5 Å². The van der Waals surface area contributed by atoms with E-state index >= 15 is 0 Å². The fraction of sp³-hybridized carbons (Fsp3) is 0.286. The number of nitrogens with zero attached hydrogens (tertiary/aromatic N) is 1. The van der Waals surface area contributed by atoms with E-state index < -0.39 is 5.97 Å². The van der Waals surface area contributed by atoms with E-state index in [9.17, 15) is 9.59 Å². The lowest BCUT2D eigenvalue weighted by Gasteiger charge is -2.14. The summed E-state index contributed by atoms with van der Waals surface area (Å²) in [6, 6.07) is 5.91. The SMILES string of the molecule is CN(C/C=C/C(=O)O)Cc1ccc2c(c1)CC(=O)N2. The summed E-state index contributed by atoms with van der Waals surface area (Å²) in [5, 5.41) is 11.3. The van der Waals surface area contributed by atoms with Gasteiger partial charge in [-0.15, -0.1) is 0 Å². The van der Waals surface area contributed by atoms with Crippen LogP contribution in [0.5, 0.6) is 0 Å². The molecule has 2 rings (SSSR count). The predicted octanol–water partition coefficient (Wildman–Crippen LogP) is 1.25. The van der Waals surface area contributed by atoms with Crippen LogP contribution in [-0.4, -0.2) is 35.5 Å². The number of aliphatic carboxylic acids is 1. The molecule has 0 saturated heterocycles. The number of amides is 1. The monoisotopic (exact) mass is 260 g/mol. The quantitative estimate of drug-likeness (QED) is 0.782. The molecule has 1 aliphatic rings. The van der Waals surface area contributed by atoms with Crippen molar-refractivity contribution in [3.63, 3.8) is 0 Å². The number of rotatable bonds is 5. The molecule has 1 amide bonds. The summed E-state index contributed by atoms with van der Waals surface area (Å²) in [6.07, 6.45) is 3.19. The number of fused-ring (bicyclic) bond motifs is 1. The summed E-state index contributed by atoms with van der Waals surface area (Å²) in [5.74, 6) is -0.902. The van der Waals surface area contributed by atoms with Crippen molar-refractivity contribution in [2.75, 3.05) is 18.9 Å². The highest BCUT2D eigenvalue weighted by atomic mass is 16.4. The number of hydrogen-bond donors (Lipinski definition) is 2. The van der Waals surface area contributed by atoms with E-state index in [-0.39, 0.29) is 5.91 Å². The number of nitrogens with one attached hydrogen (secondary N) is 1. The maximum atomic E-state index is 11.3. The molecule has 0 aliphatic carbocycles. The molecule has 100 valence electrons. The number of anilines is 1. The van der Waals surface area contributed by atoms with Gasteiger partial charge in [-0.05, 0) is 24.2 Å². The van der Waals surface area contributed by atoms with Crippen LogP contribution < -0.4 is 5.32 Å². The lowest BCUT2D eigenvalue weighted by Crippen LogP contribution is -2.17. The lowest BCUT2D eigenvalue weighted by atomic mass is 10.1. The second-order valence-electron chi connectivity index (χ2n) is 4.65. The number of carboxylic acids is 1. The summed E-state index contributed by atoms with van der Waals surface area (Å²) in [7, 11) is 1.92. The average molecular weight is 260 g/mol. The van der Waals surface area contributed by atoms with Gasteiger partial charge in [-0.1, -0.05) is 18.2 Å². The number of likely N-dealkylation sites (N-methyl/N-ethyl adjacent to an activating group) is 1. The van der Waals surface area contributed by atoms with Gasteiger partial charge >= 0.3 is 5.97 Å². The van der Waals surface area contributed by atoms with E-state index in [1.54, 1.807) is 6.08 Å². The van der Waals surface area contributed by atoms with Gasteiger partial charge < -0.3 is 10.4 Å². The van der Waals surface area contributed by atoms with E-state index in [4.69, 9.17) is 5.11 Å². The van der Waals surface area contributed by atoms with Gasteiger partial charge in [0.1, 0.15) is 0 Å². The molecule has 5 heteroatoms. The standard InChI is InChI=1S/C14H16N2O3/c1-16(6-2-3-14(18)19)9-10-4-5-12-11(7-10)8-13(17)15-12/h2-5,7H,6,8-9H2,1H3,(H,15,17)(H,18,19)/b3-2+. The Morgan fingerprint density at radius 1 is 1.53 bits per heavy atom. The minimum atomic E-state index is -0.935. The maximum Gasteiger partial charge on any atom is 0.328 e. The first-order valence-corrected chi connectivity index (χ1v) is 6.04. The van der Waals surface area contributed by atoms with Crippen LogP contribution in [0.15, 0.2) is 30.4 Å². The maximum absolute atomic E-state index is 11.3. The van der Waals surface area contributed by atoms with Crippen LogP contribution in [0.25, 0.3) is 0 Å². The minimum absolute atomic E-state index is 0.0323. The van der Waals surface area contributed by atoms with Crippen molar-refractivity contribution in [3.8, 4) is 0 Å². The van der Waals surface area contributed by atoms with Crippen molar-refractivity contribution in [2.45, 2.75) is 13.0 Å². The number of carboxylic acid groups (broad SMARTS) is 1. The Kier molecular flexibility index (Phi) is 3.97. The van der Waals surface area contributed by atoms with Crippen LogP contribution >= 0.6 is 0 Å². The van der Waals surface area contributed by atoms with Gasteiger partial charge in [0.05, 0.1) is 6.42 Å². The molecule has 1 aromatic rings. The molecule has 0 atom stereocenters. The zero-order valence-corrected chi connectivity index (χ0v) is 10.7. The Bertz CT molecular complexity index is 537. The summed E-state index contributed by atoms with van der Waals surface area (Å²) in [5.41, 5.74) is 3.03. The summed E-state index contributed by atoms with van der Waals surface area (Å²) in [4.78, 5) is 23.6. The van der Waals surface area contributed by atoms with Gasteiger partial charge in [-0.25, -0.2) is 4.79 Å². The first kappa shape index (κ1) is 13.3. The highest BCUT2D eigenvalue weighted by Crippen LogP contribution is 2.24. The van der Waals surface area contributed by atoms with Crippen LogP contribution in [0, 0.1) is 0 Å². The van der Waals surface area contributed by atoms with Crippen molar-refractivity contribution < 1.29 is 14.7 Å². The van der Waals surface area contributed by atoms with Gasteiger partial charge in [0.25, 0.3) is 0 Å².